The van der Waals surface area contributed by atoms with Crippen molar-refractivity contribution in [2.24, 2.45) is 0 Å². The molecule has 7 heteroatoms. The number of carbonyl (C=O) groups excluding carboxylic acids is 2. The van der Waals surface area contributed by atoms with Gasteiger partial charge in [0.15, 0.2) is 17.3 Å². The van der Waals surface area contributed by atoms with E-state index in [0.717, 1.165) is 11.6 Å². The first-order chi connectivity index (χ1) is 14.9. The van der Waals surface area contributed by atoms with E-state index in [-0.39, 0.29) is 28.5 Å². The van der Waals surface area contributed by atoms with Gasteiger partial charge in [0.25, 0.3) is 5.69 Å². The summed E-state index contributed by atoms with van der Waals surface area (Å²) in [4.78, 5) is 35.0. The summed E-state index contributed by atoms with van der Waals surface area (Å²) in [6.45, 7) is 1.95. The zero-order valence-electron chi connectivity index (χ0n) is 16.9. The number of benzene rings is 3. The number of allylic oxidation sites excluding steroid dienone is 1. The molecule has 0 aliphatic heterocycles. The molecule has 0 aromatic heterocycles. The molecule has 0 aliphatic carbocycles. The smallest absolute Gasteiger partial charge is 0.343 e. The lowest BCUT2D eigenvalue weighted by Crippen LogP contribution is -2.09. The molecule has 3 aromatic rings. The maximum absolute atomic E-state index is 12.4. The van der Waals surface area contributed by atoms with Crippen molar-refractivity contribution in [3.63, 3.8) is 0 Å². The molecular weight excluding hydrogens is 398 g/mol. The second-order valence-corrected chi connectivity index (χ2v) is 6.67. The summed E-state index contributed by atoms with van der Waals surface area (Å²) in [5, 5.41) is 10.9. The Morgan fingerprint density at radius 3 is 2.35 bits per heavy atom. The summed E-state index contributed by atoms with van der Waals surface area (Å²) < 4.78 is 10.6. The Hall–Kier alpha value is -4.26. The Morgan fingerprint density at radius 2 is 1.68 bits per heavy atom. The number of carbonyl (C=O) groups is 2. The molecule has 0 amide bonds. The van der Waals surface area contributed by atoms with Gasteiger partial charge in [0, 0.05) is 17.7 Å². The van der Waals surface area contributed by atoms with Crippen molar-refractivity contribution in [2.75, 3.05) is 7.11 Å². The topological polar surface area (TPSA) is 95.7 Å². The molecule has 7 nitrogen and oxygen atoms in total. The molecule has 0 aliphatic rings. The van der Waals surface area contributed by atoms with Crippen molar-refractivity contribution >= 4 is 23.5 Å². The normalized spacial score (nSPS) is 10.6. The first-order valence-corrected chi connectivity index (χ1v) is 9.31. The molecule has 0 fully saturated rings. The fourth-order valence-corrected chi connectivity index (χ4v) is 2.76. The molecule has 0 saturated heterocycles. The molecule has 0 unspecified atom stereocenters. The summed E-state index contributed by atoms with van der Waals surface area (Å²) in [6, 6.07) is 17.3. The summed E-state index contributed by atoms with van der Waals surface area (Å²) in [7, 11) is 1.42. The van der Waals surface area contributed by atoms with Crippen molar-refractivity contribution in [2.45, 2.75) is 6.92 Å². The van der Waals surface area contributed by atoms with Crippen LogP contribution >= 0.6 is 0 Å². The Bertz CT molecular complexity index is 1160. The van der Waals surface area contributed by atoms with Crippen LogP contribution in [-0.2, 0) is 0 Å². The molecule has 156 valence electrons. The van der Waals surface area contributed by atoms with Crippen LogP contribution in [0.4, 0.5) is 5.69 Å². The molecule has 0 N–H and O–H groups in total. The van der Waals surface area contributed by atoms with E-state index in [1.54, 1.807) is 30.3 Å². The van der Waals surface area contributed by atoms with E-state index in [9.17, 15) is 19.7 Å². The Balaban J connectivity index is 1.76. The Kier molecular flexibility index (Phi) is 6.57. The minimum absolute atomic E-state index is 0.0453. The van der Waals surface area contributed by atoms with Crippen molar-refractivity contribution < 1.29 is 24.0 Å². The van der Waals surface area contributed by atoms with Crippen molar-refractivity contribution in [1.29, 1.82) is 0 Å². The third-order valence-corrected chi connectivity index (χ3v) is 4.45. The number of aryl methyl sites for hydroxylation is 1. The highest BCUT2D eigenvalue weighted by Gasteiger charge is 2.16. The number of ketones is 1. The molecule has 3 rings (SSSR count). The first-order valence-electron chi connectivity index (χ1n) is 9.31. The van der Waals surface area contributed by atoms with E-state index in [1.807, 2.05) is 19.1 Å². The highest BCUT2D eigenvalue weighted by atomic mass is 16.6. The van der Waals surface area contributed by atoms with E-state index in [0.29, 0.717) is 11.1 Å². The van der Waals surface area contributed by atoms with Gasteiger partial charge in [0.1, 0.15) is 0 Å². The van der Waals surface area contributed by atoms with Gasteiger partial charge in [0.2, 0.25) is 0 Å². The quantitative estimate of drug-likeness (QED) is 0.134. The number of non-ortho nitro benzene ring substituents is 1. The van der Waals surface area contributed by atoms with E-state index in [4.69, 9.17) is 9.47 Å². The van der Waals surface area contributed by atoms with E-state index < -0.39 is 10.9 Å². The second kappa shape index (κ2) is 9.49. The molecule has 0 bridgehead atoms. The highest BCUT2D eigenvalue weighted by molar-refractivity contribution is 6.06. The molecule has 0 heterocycles. The number of nitro benzene ring substituents is 1. The number of methoxy groups -OCH3 is 1. The monoisotopic (exact) mass is 417 g/mol. The van der Waals surface area contributed by atoms with Gasteiger partial charge in [0.05, 0.1) is 17.6 Å². The number of nitro groups is 1. The van der Waals surface area contributed by atoms with Crippen LogP contribution in [0.1, 0.15) is 31.8 Å². The lowest BCUT2D eigenvalue weighted by atomic mass is 10.1. The second-order valence-electron chi connectivity index (χ2n) is 6.67. The number of nitrogens with zero attached hydrogens (tertiary/aromatic N) is 1. The lowest BCUT2D eigenvalue weighted by molar-refractivity contribution is -0.384. The maximum Gasteiger partial charge on any atom is 0.343 e. The van der Waals surface area contributed by atoms with Crippen LogP contribution < -0.4 is 9.47 Å². The Morgan fingerprint density at radius 1 is 0.935 bits per heavy atom. The molecule has 0 atom stereocenters. The summed E-state index contributed by atoms with van der Waals surface area (Å²) in [5.41, 5.74) is 2.16. The van der Waals surface area contributed by atoms with Crippen LogP contribution in [0.25, 0.3) is 6.08 Å². The molecule has 3 aromatic carbocycles. The zero-order chi connectivity index (χ0) is 22.4. The van der Waals surface area contributed by atoms with Crippen LogP contribution in [0.15, 0.2) is 72.8 Å². The third-order valence-electron chi connectivity index (χ3n) is 4.45. The molecule has 0 spiro atoms. The SMILES string of the molecule is COc1cc(/C=C/C(=O)c2ccc(C)cc2)ccc1OC(=O)c1cccc([N+](=O)[O-])c1. The van der Waals surface area contributed by atoms with E-state index >= 15 is 0 Å². The van der Waals surface area contributed by atoms with Crippen LogP contribution in [0.3, 0.4) is 0 Å². The average Bonchev–Trinajstić information content (AvgIpc) is 2.78. The summed E-state index contributed by atoms with van der Waals surface area (Å²) in [6.07, 6.45) is 3.09. The summed E-state index contributed by atoms with van der Waals surface area (Å²) >= 11 is 0. The first kappa shape index (κ1) is 21.4. The number of ether oxygens (including phenoxy) is 2. The lowest BCUT2D eigenvalue weighted by Gasteiger charge is -2.10. The standard InChI is InChI=1S/C24H19NO6/c1-16-6-10-18(11-7-16)21(26)12-8-17-9-13-22(23(14-17)30-2)31-24(27)19-4-3-5-20(15-19)25(28)29/h3-15H,1-2H3/b12-8+. The van der Waals surface area contributed by atoms with Crippen molar-refractivity contribution in [3.05, 3.63) is 105 Å². The van der Waals surface area contributed by atoms with Gasteiger partial charge in [-0.3, -0.25) is 14.9 Å². The van der Waals surface area contributed by atoms with Crippen LogP contribution in [0, 0.1) is 17.0 Å². The minimum Gasteiger partial charge on any atom is -0.493 e. The Labute approximate surface area is 178 Å². The third kappa shape index (κ3) is 5.42. The van der Waals surface area contributed by atoms with E-state index in [2.05, 4.69) is 0 Å². The molecular formula is C24H19NO6. The van der Waals surface area contributed by atoms with Crippen molar-refractivity contribution in [1.82, 2.24) is 0 Å². The number of hydrogen-bond acceptors (Lipinski definition) is 6. The molecule has 0 radical (unpaired) electrons. The van der Waals surface area contributed by atoms with Gasteiger partial charge in [-0.25, -0.2) is 4.79 Å². The predicted molar refractivity (Wildman–Crippen MR) is 116 cm³/mol. The van der Waals surface area contributed by atoms with Gasteiger partial charge in [-0.15, -0.1) is 0 Å². The van der Waals surface area contributed by atoms with Gasteiger partial charge in [-0.05, 0) is 36.8 Å². The van der Waals surface area contributed by atoms with Gasteiger partial charge >= 0.3 is 5.97 Å². The average molecular weight is 417 g/mol. The van der Waals surface area contributed by atoms with Crippen LogP contribution in [0.5, 0.6) is 11.5 Å². The fourth-order valence-electron chi connectivity index (χ4n) is 2.76. The van der Waals surface area contributed by atoms with Gasteiger partial charge in [-0.2, -0.15) is 0 Å². The van der Waals surface area contributed by atoms with Crippen LogP contribution in [-0.4, -0.2) is 23.8 Å². The van der Waals surface area contributed by atoms with Crippen molar-refractivity contribution in [3.8, 4) is 11.5 Å². The van der Waals surface area contributed by atoms with Gasteiger partial charge < -0.3 is 9.47 Å². The number of hydrogen-bond donors (Lipinski definition) is 0. The maximum atomic E-state index is 12.4. The molecule has 31 heavy (non-hydrogen) atoms. The summed E-state index contributed by atoms with van der Waals surface area (Å²) in [5.74, 6) is -0.454. The fraction of sp³-hybridized carbons (Fsp3) is 0.0833. The zero-order valence-corrected chi connectivity index (χ0v) is 16.9. The van der Waals surface area contributed by atoms with Gasteiger partial charge in [-0.1, -0.05) is 48.0 Å². The minimum atomic E-state index is -0.750. The predicted octanol–water partition coefficient (Wildman–Crippen LogP) is 5.03. The molecule has 0 saturated carbocycles. The van der Waals surface area contributed by atoms with Crippen LogP contribution in [0.2, 0.25) is 0 Å². The highest BCUT2D eigenvalue weighted by Crippen LogP contribution is 2.29. The largest absolute Gasteiger partial charge is 0.493 e. The number of esters is 1. The number of rotatable bonds is 7. The van der Waals surface area contributed by atoms with E-state index in [1.165, 1.54) is 37.5 Å².